The van der Waals surface area contributed by atoms with Gasteiger partial charge in [0, 0.05) is 11.3 Å². The minimum Gasteiger partial charge on any atom is -0.478 e. The summed E-state index contributed by atoms with van der Waals surface area (Å²) in [7, 11) is 0. The van der Waals surface area contributed by atoms with E-state index in [4.69, 9.17) is 5.11 Å². The van der Waals surface area contributed by atoms with Gasteiger partial charge in [0.25, 0.3) is 5.91 Å². The summed E-state index contributed by atoms with van der Waals surface area (Å²) in [6.07, 6.45) is 2.00. The summed E-state index contributed by atoms with van der Waals surface area (Å²) in [6, 6.07) is 1.15. The standard InChI is InChI=1S/C14H15F2NO3S/c1-14(3-2-4-21-14)7-17-12(18)8-5-10(15)11(16)6-9(8)13(19)20/h5-6H,2-4,7H2,1H3,(H,17,18)(H,19,20). The molecule has 21 heavy (non-hydrogen) atoms. The van der Waals surface area contributed by atoms with Crippen molar-refractivity contribution in [2.45, 2.75) is 24.5 Å². The fourth-order valence-electron chi connectivity index (χ4n) is 2.25. The van der Waals surface area contributed by atoms with Crippen molar-refractivity contribution in [1.29, 1.82) is 0 Å². The molecule has 0 radical (unpaired) electrons. The van der Waals surface area contributed by atoms with Crippen molar-refractivity contribution in [3.8, 4) is 0 Å². The lowest BCUT2D eigenvalue weighted by atomic mass is 10.0. The molecule has 0 aliphatic carbocycles. The normalized spacial score (nSPS) is 21.3. The van der Waals surface area contributed by atoms with Crippen LogP contribution in [0, 0.1) is 11.6 Å². The van der Waals surface area contributed by atoms with E-state index in [9.17, 15) is 18.4 Å². The average Bonchev–Trinajstić information content (AvgIpc) is 2.86. The number of rotatable bonds is 4. The highest BCUT2D eigenvalue weighted by molar-refractivity contribution is 8.00. The molecule has 0 aromatic heterocycles. The Morgan fingerprint density at radius 1 is 1.33 bits per heavy atom. The molecule has 1 heterocycles. The van der Waals surface area contributed by atoms with E-state index in [0.717, 1.165) is 18.6 Å². The van der Waals surface area contributed by atoms with Crippen molar-refractivity contribution in [3.05, 3.63) is 34.9 Å². The lowest BCUT2D eigenvalue weighted by Crippen LogP contribution is -2.37. The minimum absolute atomic E-state index is 0.0996. The lowest BCUT2D eigenvalue weighted by Gasteiger charge is -2.23. The zero-order valence-electron chi connectivity index (χ0n) is 11.4. The van der Waals surface area contributed by atoms with Crippen LogP contribution in [0.1, 0.15) is 40.5 Å². The van der Waals surface area contributed by atoms with Crippen molar-refractivity contribution in [3.63, 3.8) is 0 Å². The Kier molecular flexibility index (Phi) is 4.51. The van der Waals surface area contributed by atoms with Gasteiger partial charge in [0.2, 0.25) is 0 Å². The molecule has 2 rings (SSSR count). The van der Waals surface area contributed by atoms with E-state index >= 15 is 0 Å². The summed E-state index contributed by atoms with van der Waals surface area (Å²) in [6.45, 7) is 2.36. The Balaban J connectivity index is 2.18. The van der Waals surface area contributed by atoms with Crippen LogP contribution in [0.4, 0.5) is 8.78 Å². The third-order valence-electron chi connectivity index (χ3n) is 3.46. The maximum Gasteiger partial charge on any atom is 0.336 e. The number of carbonyl (C=O) groups excluding carboxylic acids is 1. The molecule has 1 aromatic rings. The summed E-state index contributed by atoms with van der Waals surface area (Å²) < 4.78 is 26.3. The van der Waals surface area contributed by atoms with E-state index in [-0.39, 0.29) is 10.3 Å². The topological polar surface area (TPSA) is 66.4 Å². The van der Waals surface area contributed by atoms with Crippen molar-refractivity contribution in [1.82, 2.24) is 5.32 Å². The first kappa shape index (κ1) is 15.8. The van der Waals surface area contributed by atoms with Gasteiger partial charge in [-0.2, -0.15) is 11.8 Å². The molecule has 1 aromatic carbocycles. The largest absolute Gasteiger partial charge is 0.478 e. The molecule has 2 N–H and O–H groups in total. The number of amides is 1. The molecule has 0 spiro atoms. The second-order valence-corrected chi connectivity index (χ2v) is 6.88. The van der Waals surface area contributed by atoms with Gasteiger partial charge in [0.05, 0.1) is 11.1 Å². The molecule has 0 bridgehead atoms. The SMILES string of the molecule is CC1(CNC(=O)c2cc(F)c(F)cc2C(=O)O)CCCS1. The summed E-state index contributed by atoms with van der Waals surface area (Å²) in [5.41, 5.74) is -0.913. The average molecular weight is 315 g/mol. The van der Waals surface area contributed by atoms with Crippen molar-refractivity contribution in [2.75, 3.05) is 12.3 Å². The predicted molar refractivity (Wildman–Crippen MR) is 75.7 cm³/mol. The van der Waals surface area contributed by atoms with Crippen LogP contribution in [0.2, 0.25) is 0 Å². The van der Waals surface area contributed by atoms with Gasteiger partial charge in [0.15, 0.2) is 11.6 Å². The molecule has 1 aliphatic rings. The number of carbonyl (C=O) groups is 2. The van der Waals surface area contributed by atoms with Gasteiger partial charge in [-0.15, -0.1) is 0 Å². The maximum absolute atomic E-state index is 13.2. The van der Waals surface area contributed by atoms with Crippen LogP contribution in [0.25, 0.3) is 0 Å². The summed E-state index contributed by atoms with van der Waals surface area (Å²) in [5.74, 6) is -3.70. The second-order valence-electron chi connectivity index (χ2n) is 5.20. The van der Waals surface area contributed by atoms with Crippen LogP contribution in [-0.4, -0.2) is 34.0 Å². The van der Waals surface area contributed by atoms with Gasteiger partial charge in [-0.1, -0.05) is 0 Å². The smallest absolute Gasteiger partial charge is 0.336 e. The number of carboxylic acid groups (broad SMARTS) is 1. The van der Waals surface area contributed by atoms with Crippen LogP contribution < -0.4 is 5.32 Å². The van der Waals surface area contributed by atoms with E-state index < -0.39 is 29.1 Å². The summed E-state index contributed by atoms with van der Waals surface area (Å²) in [5, 5.41) is 11.6. The number of hydrogen-bond acceptors (Lipinski definition) is 3. The molecular weight excluding hydrogens is 300 g/mol. The van der Waals surface area contributed by atoms with Crippen molar-refractivity contribution in [2.24, 2.45) is 0 Å². The molecule has 1 saturated heterocycles. The first-order chi connectivity index (χ1) is 9.82. The fraction of sp³-hybridized carbons (Fsp3) is 0.429. The quantitative estimate of drug-likeness (QED) is 0.896. The molecule has 114 valence electrons. The molecule has 1 amide bonds. The molecule has 7 heteroatoms. The molecule has 1 unspecified atom stereocenters. The van der Waals surface area contributed by atoms with Crippen LogP contribution in [-0.2, 0) is 0 Å². The highest BCUT2D eigenvalue weighted by Crippen LogP contribution is 2.37. The van der Waals surface area contributed by atoms with E-state index in [1.807, 2.05) is 6.92 Å². The molecule has 4 nitrogen and oxygen atoms in total. The number of aromatic carboxylic acids is 1. The van der Waals surface area contributed by atoms with Gasteiger partial charge in [-0.25, -0.2) is 13.6 Å². The Morgan fingerprint density at radius 3 is 2.48 bits per heavy atom. The van der Waals surface area contributed by atoms with Gasteiger partial charge in [0.1, 0.15) is 0 Å². The van der Waals surface area contributed by atoms with E-state index in [0.29, 0.717) is 18.7 Å². The number of nitrogens with one attached hydrogen (secondary N) is 1. The fourth-order valence-corrected chi connectivity index (χ4v) is 3.49. The predicted octanol–water partition coefficient (Wildman–Crippen LogP) is 2.68. The van der Waals surface area contributed by atoms with Crippen molar-refractivity contribution < 1.29 is 23.5 Å². The van der Waals surface area contributed by atoms with Gasteiger partial charge in [-0.05, 0) is 37.7 Å². The molecule has 1 atom stereocenters. The maximum atomic E-state index is 13.2. The number of halogens is 2. The van der Waals surface area contributed by atoms with Crippen LogP contribution in [0.5, 0.6) is 0 Å². The molecule has 1 aliphatic heterocycles. The Bertz CT molecular complexity index is 586. The second kappa shape index (κ2) is 6.01. The van der Waals surface area contributed by atoms with Crippen LogP contribution in [0.15, 0.2) is 12.1 Å². The number of benzene rings is 1. The number of carboxylic acids is 1. The summed E-state index contributed by atoms with van der Waals surface area (Å²) >= 11 is 1.73. The zero-order chi connectivity index (χ0) is 15.6. The summed E-state index contributed by atoms with van der Waals surface area (Å²) in [4.78, 5) is 23.1. The van der Waals surface area contributed by atoms with Gasteiger partial charge >= 0.3 is 5.97 Å². The van der Waals surface area contributed by atoms with Crippen LogP contribution in [0.3, 0.4) is 0 Å². The van der Waals surface area contributed by atoms with Crippen LogP contribution >= 0.6 is 11.8 Å². The Labute approximate surface area is 124 Å². The van der Waals surface area contributed by atoms with Gasteiger partial charge in [-0.3, -0.25) is 4.79 Å². The first-order valence-corrected chi connectivity index (χ1v) is 7.45. The van der Waals surface area contributed by atoms with Gasteiger partial charge < -0.3 is 10.4 Å². The molecular formula is C14H15F2NO3S. The van der Waals surface area contributed by atoms with E-state index in [1.165, 1.54) is 0 Å². The molecule has 0 saturated carbocycles. The minimum atomic E-state index is -1.47. The monoisotopic (exact) mass is 315 g/mol. The highest BCUT2D eigenvalue weighted by Gasteiger charge is 2.30. The highest BCUT2D eigenvalue weighted by atomic mass is 32.2. The van der Waals surface area contributed by atoms with Crippen molar-refractivity contribution >= 4 is 23.6 Å². The van der Waals surface area contributed by atoms with E-state index in [2.05, 4.69) is 5.32 Å². The zero-order valence-corrected chi connectivity index (χ0v) is 12.2. The number of hydrogen-bond donors (Lipinski definition) is 2. The third-order valence-corrected chi connectivity index (χ3v) is 5.00. The molecule has 1 fully saturated rings. The number of thioether (sulfide) groups is 1. The Hall–Kier alpha value is -1.63. The third kappa shape index (κ3) is 3.53. The lowest BCUT2D eigenvalue weighted by molar-refractivity contribution is 0.0690. The first-order valence-electron chi connectivity index (χ1n) is 6.47. The van der Waals surface area contributed by atoms with E-state index in [1.54, 1.807) is 11.8 Å². The Morgan fingerprint density at radius 2 is 1.95 bits per heavy atom.